The van der Waals surface area contributed by atoms with Gasteiger partial charge in [-0.1, -0.05) is 22.9 Å². The van der Waals surface area contributed by atoms with E-state index in [0.717, 1.165) is 39.1 Å². The Kier molecular flexibility index (Phi) is 4.99. The van der Waals surface area contributed by atoms with Crippen LogP contribution in [-0.4, -0.2) is 14.8 Å². The Morgan fingerprint density at radius 1 is 1.37 bits per heavy atom. The van der Waals surface area contributed by atoms with Crippen LogP contribution >= 0.6 is 31.9 Å². The summed E-state index contributed by atoms with van der Waals surface area (Å²) in [5.41, 5.74) is 3.07. The number of hydrogen-bond acceptors (Lipinski definition) is 3. The maximum atomic E-state index is 5.74. The Morgan fingerprint density at radius 3 is 2.68 bits per heavy atom. The molecule has 4 nitrogen and oxygen atoms in total. The molecule has 2 rings (SSSR count). The number of aromatic nitrogens is 3. The fourth-order valence-electron chi connectivity index (χ4n) is 1.70. The third kappa shape index (κ3) is 3.36. The van der Waals surface area contributed by atoms with E-state index >= 15 is 0 Å². The average Bonchev–Trinajstić information content (AvgIpc) is 2.72. The van der Waals surface area contributed by atoms with Crippen LogP contribution in [0.25, 0.3) is 0 Å². The van der Waals surface area contributed by atoms with Crippen LogP contribution < -0.4 is 4.74 Å². The first-order valence-corrected chi connectivity index (χ1v) is 7.91. The molecule has 0 aliphatic heterocycles. The molecule has 2 aromatic heterocycles. The van der Waals surface area contributed by atoms with Gasteiger partial charge in [0.25, 0.3) is 0 Å². The number of hydrogen-bond donors (Lipinski definition) is 0. The lowest BCUT2D eigenvalue weighted by Crippen LogP contribution is -2.04. The second-order valence-corrected chi connectivity index (χ2v) is 5.45. The average molecular weight is 389 g/mol. The first kappa shape index (κ1) is 14.5. The fraction of sp³-hybridized carbons (Fsp3) is 0.385. The molecule has 0 aliphatic rings. The van der Waals surface area contributed by atoms with E-state index in [9.17, 15) is 0 Å². The molecular weight excluding hydrogens is 374 g/mol. The van der Waals surface area contributed by atoms with Gasteiger partial charge in [-0.15, -0.1) is 0 Å². The highest BCUT2D eigenvalue weighted by atomic mass is 79.9. The molecule has 0 spiro atoms. The van der Waals surface area contributed by atoms with Crippen LogP contribution in [0.15, 0.2) is 22.8 Å². The third-order valence-electron chi connectivity index (χ3n) is 2.81. The van der Waals surface area contributed by atoms with Gasteiger partial charge in [0.05, 0.1) is 27.8 Å². The van der Waals surface area contributed by atoms with Crippen LogP contribution in [0.1, 0.15) is 24.0 Å². The summed E-state index contributed by atoms with van der Waals surface area (Å²) in [4.78, 5) is 4.27. The predicted molar refractivity (Wildman–Crippen MR) is 81.5 cm³/mol. The number of pyridine rings is 1. The molecule has 0 aromatic carbocycles. The molecule has 0 amide bonds. The lowest BCUT2D eigenvalue weighted by molar-refractivity contribution is 0.293. The lowest BCUT2D eigenvalue weighted by atomic mass is 10.3. The number of alkyl halides is 1. The highest BCUT2D eigenvalue weighted by Crippen LogP contribution is 2.23. The van der Waals surface area contributed by atoms with Crippen LogP contribution in [0.2, 0.25) is 0 Å². The molecule has 102 valence electrons. The zero-order valence-corrected chi connectivity index (χ0v) is 14.0. The van der Waals surface area contributed by atoms with Gasteiger partial charge in [-0.05, 0) is 34.5 Å². The number of ether oxygens (including phenoxy) is 1. The van der Waals surface area contributed by atoms with Crippen molar-refractivity contribution < 1.29 is 4.74 Å². The summed E-state index contributed by atoms with van der Waals surface area (Å²) >= 11 is 6.94. The van der Waals surface area contributed by atoms with E-state index in [1.54, 1.807) is 6.20 Å². The highest BCUT2D eigenvalue weighted by molar-refractivity contribution is 9.10. The molecule has 0 saturated heterocycles. The van der Waals surface area contributed by atoms with Crippen LogP contribution in [0.3, 0.4) is 0 Å². The number of nitrogens with zero attached hydrogens (tertiary/aromatic N) is 3. The minimum Gasteiger partial charge on any atom is -0.486 e. The Bertz CT molecular complexity index is 552. The van der Waals surface area contributed by atoms with E-state index in [-0.39, 0.29) is 0 Å². The van der Waals surface area contributed by atoms with Crippen LogP contribution in [0.4, 0.5) is 0 Å². The standard InChI is InChI=1S/C13H15Br2N3O/c1-3-11-13(15)12(18(2)17-11)8-19-10-5-4-9(6-14)16-7-10/h4-5,7H,3,6,8H2,1-2H3. The van der Waals surface area contributed by atoms with Gasteiger partial charge >= 0.3 is 0 Å². The molecule has 0 N–H and O–H groups in total. The van der Waals surface area contributed by atoms with Crippen molar-refractivity contribution in [1.29, 1.82) is 0 Å². The van der Waals surface area contributed by atoms with Crippen LogP contribution in [0.5, 0.6) is 5.75 Å². The van der Waals surface area contributed by atoms with Gasteiger partial charge in [0.2, 0.25) is 0 Å². The molecule has 2 aromatic rings. The lowest BCUT2D eigenvalue weighted by Gasteiger charge is -2.07. The minimum atomic E-state index is 0.472. The summed E-state index contributed by atoms with van der Waals surface area (Å²) in [7, 11) is 1.93. The normalized spacial score (nSPS) is 10.7. The largest absolute Gasteiger partial charge is 0.486 e. The van der Waals surface area contributed by atoms with Crippen molar-refractivity contribution in [3.63, 3.8) is 0 Å². The van der Waals surface area contributed by atoms with Gasteiger partial charge in [-0.25, -0.2) is 0 Å². The van der Waals surface area contributed by atoms with Crippen molar-refractivity contribution >= 4 is 31.9 Å². The summed E-state index contributed by atoms with van der Waals surface area (Å²) in [5, 5.41) is 5.19. The van der Waals surface area contributed by atoms with Crippen LogP contribution in [-0.2, 0) is 25.4 Å². The first-order chi connectivity index (χ1) is 9.15. The molecule has 0 unspecified atom stereocenters. The van der Waals surface area contributed by atoms with E-state index in [4.69, 9.17) is 4.74 Å². The van der Waals surface area contributed by atoms with Gasteiger partial charge < -0.3 is 4.74 Å². The van der Waals surface area contributed by atoms with Gasteiger partial charge in [-0.2, -0.15) is 5.10 Å². The Labute approximate surface area is 129 Å². The second kappa shape index (κ2) is 6.52. The zero-order chi connectivity index (χ0) is 13.8. The van der Waals surface area contributed by atoms with Crippen LogP contribution in [0, 0.1) is 0 Å². The van der Waals surface area contributed by atoms with Crippen molar-refractivity contribution in [3.05, 3.63) is 39.9 Å². The minimum absolute atomic E-state index is 0.472. The summed E-state index contributed by atoms with van der Waals surface area (Å²) in [6.45, 7) is 2.56. The summed E-state index contributed by atoms with van der Waals surface area (Å²) < 4.78 is 8.62. The molecule has 19 heavy (non-hydrogen) atoms. The molecular formula is C13H15Br2N3O. The molecule has 0 radical (unpaired) electrons. The van der Waals surface area contributed by atoms with Gasteiger partial charge in [0.1, 0.15) is 12.4 Å². The molecule has 0 fully saturated rings. The van der Waals surface area contributed by atoms with E-state index in [2.05, 4.69) is 48.9 Å². The summed E-state index contributed by atoms with van der Waals surface area (Å²) in [6, 6.07) is 3.87. The number of rotatable bonds is 5. The van der Waals surface area contributed by atoms with Crippen molar-refractivity contribution in [2.75, 3.05) is 0 Å². The SMILES string of the molecule is CCc1nn(C)c(COc2ccc(CBr)nc2)c1Br. The van der Waals surface area contributed by atoms with E-state index in [0.29, 0.717) is 6.61 Å². The molecule has 2 heterocycles. The maximum Gasteiger partial charge on any atom is 0.138 e. The topological polar surface area (TPSA) is 39.9 Å². The Morgan fingerprint density at radius 2 is 2.16 bits per heavy atom. The smallest absolute Gasteiger partial charge is 0.138 e. The Balaban J connectivity index is 2.07. The molecule has 0 aliphatic carbocycles. The third-order valence-corrected chi connectivity index (χ3v) is 4.30. The molecule has 6 heteroatoms. The van der Waals surface area contributed by atoms with Gasteiger partial charge in [-0.3, -0.25) is 9.67 Å². The van der Waals surface area contributed by atoms with Crippen molar-refractivity contribution in [1.82, 2.24) is 14.8 Å². The van der Waals surface area contributed by atoms with Crippen molar-refractivity contribution in [3.8, 4) is 5.75 Å². The summed E-state index contributed by atoms with van der Waals surface area (Å²) in [5.74, 6) is 0.760. The van der Waals surface area contributed by atoms with Crippen molar-refractivity contribution in [2.24, 2.45) is 7.05 Å². The zero-order valence-electron chi connectivity index (χ0n) is 10.9. The second-order valence-electron chi connectivity index (χ2n) is 4.09. The summed E-state index contributed by atoms with van der Waals surface area (Å²) in [6.07, 6.45) is 2.64. The monoisotopic (exact) mass is 387 g/mol. The molecule has 0 bridgehead atoms. The van der Waals surface area contributed by atoms with E-state index < -0.39 is 0 Å². The number of aryl methyl sites for hydroxylation is 2. The Hall–Kier alpha value is -0.880. The fourth-order valence-corrected chi connectivity index (χ4v) is 2.77. The predicted octanol–water partition coefficient (Wildman–Crippen LogP) is 3.61. The molecule has 0 saturated carbocycles. The first-order valence-electron chi connectivity index (χ1n) is 5.99. The van der Waals surface area contributed by atoms with E-state index in [1.807, 2.05) is 23.9 Å². The van der Waals surface area contributed by atoms with E-state index in [1.165, 1.54) is 0 Å². The van der Waals surface area contributed by atoms with Gasteiger partial charge in [0, 0.05) is 12.4 Å². The quantitative estimate of drug-likeness (QED) is 0.734. The molecule has 0 atom stereocenters. The number of halogens is 2. The van der Waals surface area contributed by atoms with Crippen molar-refractivity contribution in [2.45, 2.75) is 25.3 Å². The van der Waals surface area contributed by atoms with Gasteiger partial charge in [0.15, 0.2) is 0 Å². The highest BCUT2D eigenvalue weighted by Gasteiger charge is 2.12. The maximum absolute atomic E-state index is 5.74.